The van der Waals surface area contributed by atoms with Crippen molar-refractivity contribution in [3.05, 3.63) is 85.1 Å². The summed E-state index contributed by atoms with van der Waals surface area (Å²) < 4.78 is 0. The summed E-state index contributed by atoms with van der Waals surface area (Å²) in [5.74, 6) is -0.162. The lowest BCUT2D eigenvalue weighted by molar-refractivity contribution is -0.122. The molecule has 0 rings (SSSR count). The van der Waals surface area contributed by atoms with E-state index in [1.165, 1.54) is 96.3 Å². The van der Waals surface area contributed by atoms with Crippen LogP contribution in [0.1, 0.15) is 174 Å². The van der Waals surface area contributed by atoms with Crippen LogP contribution in [-0.2, 0) is 4.79 Å². The Kier molecular flexibility index (Phi) is 38.0. The van der Waals surface area contributed by atoms with Crippen LogP contribution >= 0.6 is 0 Å². The predicted octanol–water partition coefficient (Wildman–Crippen LogP) is 12.5. The van der Waals surface area contributed by atoms with Crippen molar-refractivity contribution in [3.63, 3.8) is 0 Å². The van der Waals surface area contributed by atoms with Gasteiger partial charge in [-0.05, 0) is 70.6 Å². The average molecular weight is 680 g/mol. The number of carbonyl (C=O) groups excluding carboxylic acids is 1. The van der Waals surface area contributed by atoms with E-state index in [0.717, 1.165) is 51.4 Å². The molecule has 0 aliphatic heterocycles. The fraction of sp³-hybridized carbons (Fsp3) is 0.667. The maximum atomic E-state index is 12.3. The summed E-state index contributed by atoms with van der Waals surface area (Å²) in [5.41, 5.74) is 0. The molecule has 0 saturated heterocycles. The highest BCUT2D eigenvalue weighted by atomic mass is 16.3. The fourth-order valence-corrected chi connectivity index (χ4v) is 5.51. The van der Waals surface area contributed by atoms with E-state index < -0.39 is 12.1 Å². The van der Waals surface area contributed by atoms with Crippen molar-refractivity contribution < 1.29 is 15.0 Å². The van der Waals surface area contributed by atoms with E-state index in [4.69, 9.17) is 0 Å². The number of unbranched alkanes of at least 4 members (excludes halogenated alkanes) is 16. The van der Waals surface area contributed by atoms with Gasteiger partial charge in [0.2, 0.25) is 5.91 Å². The summed E-state index contributed by atoms with van der Waals surface area (Å²) in [5, 5.41) is 22.8. The van der Waals surface area contributed by atoms with Crippen molar-refractivity contribution in [2.75, 3.05) is 6.61 Å². The summed E-state index contributed by atoms with van der Waals surface area (Å²) in [7, 11) is 0. The number of carbonyl (C=O) groups is 1. The van der Waals surface area contributed by atoms with Crippen LogP contribution in [0.25, 0.3) is 0 Å². The van der Waals surface area contributed by atoms with Crippen LogP contribution in [-0.4, -0.2) is 34.9 Å². The van der Waals surface area contributed by atoms with Crippen LogP contribution in [0, 0.1) is 0 Å². The molecule has 4 nitrogen and oxygen atoms in total. The van der Waals surface area contributed by atoms with Crippen LogP contribution in [0.15, 0.2) is 85.1 Å². The van der Waals surface area contributed by atoms with Gasteiger partial charge in [-0.15, -0.1) is 0 Å². The average Bonchev–Trinajstić information content (AvgIpc) is 3.10. The van der Waals surface area contributed by atoms with Gasteiger partial charge in [-0.25, -0.2) is 0 Å². The second-order valence-electron chi connectivity index (χ2n) is 13.3. The molecule has 0 aromatic carbocycles. The van der Waals surface area contributed by atoms with Gasteiger partial charge in [-0.1, -0.05) is 182 Å². The molecule has 0 heterocycles. The van der Waals surface area contributed by atoms with Gasteiger partial charge in [0.05, 0.1) is 18.8 Å². The Balaban J connectivity index is 3.74. The van der Waals surface area contributed by atoms with Gasteiger partial charge in [0.1, 0.15) is 0 Å². The monoisotopic (exact) mass is 680 g/mol. The third kappa shape index (κ3) is 36.7. The number of hydrogen-bond acceptors (Lipinski definition) is 3. The number of nitrogens with one attached hydrogen (secondary N) is 1. The van der Waals surface area contributed by atoms with E-state index in [1.54, 1.807) is 6.08 Å². The molecule has 0 bridgehead atoms. The van der Waals surface area contributed by atoms with Crippen LogP contribution in [0.4, 0.5) is 0 Å². The van der Waals surface area contributed by atoms with Crippen LogP contribution in [0.3, 0.4) is 0 Å². The molecule has 3 N–H and O–H groups in total. The van der Waals surface area contributed by atoms with Crippen molar-refractivity contribution in [1.82, 2.24) is 5.32 Å². The first-order valence-electron chi connectivity index (χ1n) is 20.3. The zero-order chi connectivity index (χ0) is 35.7. The molecule has 2 atom stereocenters. The molecule has 0 aromatic heterocycles. The molecule has 49 heavy (non-hydrogen) atoms. The molecule has 0 saturated carbocycles. The number of aliphatic hydroxyl groups is 2. The normalized spacial score (nSPS) is 14.0. The Bertz CT molecular complexity index is 910. The summed E-state index contributed by atoms with van der Waals surface area (Å²) in [4.78, 5) is 12.3. The van der Waals surface area contributed by atoms with Crippen molar-refractivity contribution in [1.29, 1.82) is 0 Å². The second kappa shape index (κ2) is 40.0. The predicted molar refractivity (Wildman–Crippen MR) is 216 cm³/mol. The molecule has 0 aliphatic rings. The van der Waals surface area contributed by atoms with Crippen molar-refractivity contribution in [2.45, 2.75) is 187 Å². The van der Waals surface area contributed by atoms with Gasteiger partial charge < -0.3 is 15.5 Å². The Morgan fingerprint density at radius 2 is 0.918 bits per heavy atom. The molecule has 0 aromatic rings. The van der Waals surface area contributed by atoms with E-state index in [-0.39, 0.29) is 12.5 Å². The first kappa shape index (κ1) is 46.6. The lowest BCUT2D eigenvalue weighted by atomic mass is 10.0. The zero-order valence-electron chi connectivity index (χ0n) is 31.9. The summed E-state index contributed by atoms with van der Waals surface area (Å²) in [6.07, 6.45) is 58.5. The van der Waals surface area contributed by atoms with Gasteiger partial charge in [0.25, 0.3) is 0 Å². The Labute approximate surface area is 303 Å². The third-order valence-electron chi connectivity index (χ3n) is 8.60. The van der Waals surface area contributed by atoms with E-state index in [2.05, 4.69) is 86.0 Å². The highest BCUT2D eigenvalue weighted by Gasteiger charge is 2.17. The maximum Gasteiger partial charge on any atom is 0.220 e. The standard InChI is InChI=1S/C45H77NO3/c1-3-5-7-9-11-13-15-17-18-19-20-21-22-23-24-25-26-27-29-30-32-34-36-38-40-44(48)43(42-47)46-45(49)41-39-37-35-33-31-28-16-14-12-10-8-6-4-2/h6,8,12,14,25-26,28,30-32,35,37-38,40,43-44,47-48H,3-5,7,9-11,13,15-24,27,29,33-34,36,39,41-42H2,1-2H3,(H,46,49)/b8-6-,14-12-,26-25+,31-28-,32-30+,37-35-,40-38+. The minimum Gasteiger partial charge on any atom is -0.394 e. The van der Waals surface area contributed by atoms with Gasteiger partial charge in [-0.3, -0.25) is 4.79 Å². The molecule has 1 amide bonds. The molecular formula is C45H77NO3. The van der Waals surface area contributed by atoms with Crippen molar-refractivity contribution in [2.24, 2.45) is 0 Å². The third-order valence-corrected chi connectivity index (χ3v) is 8.60. The van der Waals surface area contributed by atoms with Gasteiger partial charge in [0, 0.05) is 6.42 Å². The summed E-state index contributed by atoms with van der Waals surface area (Å²) in [6.45, 7) is 4.13. The Morgan fingerprint density at radius 1 is 0.510 bits per heavy atom. The van der Waals surface area contributed by atoms with Crippen LogP contribution < -0.4 is 5.32 Å². The van der Waals surface area contributed by atoms with Crippen molar-refractivity contribution >= 4 is 5.91 Å². The molecule has 0 aliphatic carbocycles. The zero-order valence-corrected chi connectivity index (χ0v) is 31.9. The quantitative estimate of drug-likeness (QED) is 0.0461. The Morgan fingerprint density at radius 3 is 1.41 bits per heavy atom. The highest BCUT2D eigenvalue weighted by molar-refractivity contribution is 5.76. The van der Waals surface area contributed by atoms with Gasteiger partial charge in [0.15, 0.2) is 0 Å². The molecule has 4 heteroatoms. The lowest BCUT2D eigenvalue weighted by Crippen LogP contribution is -2.45. The summed E-state index contributed by atoms with van der Waals surface area (Å²) in [6, 6.07) is -0.687. The number of amides is 1. The molecule has 0 fully saturated rings. The highest BCUT2D eigenvalue weighted by Crippen LogP contribution is 2.13. The van der Waals surface area contributed by atoms with Crippen molar-refractivity contribution in [3.8, 4) is 0 Å². The number of rotatable bonds is 35. The fourth-order valence-electron chi connectivity index (χ4n) is 5.51. The van der Waals surface area contributed by atoms with E-state index in [1.807, 2.05) is 12.2 Å². The van der Waals surface area contributed by atoms with Crippen LogP contribution in [0.2, 0.25) is 0 Å². The van der Waals surface area contributed by atoms with E-state index >= 15 is 0 Å². The first-order chi connectivity index (χ1) is 24.2. The van der Waals surface area contributed by atoms with E-state index in [0.29, 0.717) is 12.8 Å². The Hall–Kier alpha value is -2.43. The largest absolute Gasteiger partial charge is 0.394 e. The van der Waals surface area contributed by atoms with Gasteiger partial charge in [-0.2, -0.15) is 0 Å². The number of allylic oxidation sites excluding steroid dienone is 13. The molecule has 2 unspecified atom stereocenters. The van der Waals surface area contributed by atoms with E-state index in [9.17, 15) is 15.0 Å². The minimum absolute atomic E-state index is 0.162. The number of hydrogen-bond donors (Lipinski definition) is 3. The molecule has 0 radical (unpaired) electrons. The maximum absolute atomic E-state index is 12.3. The molecule has 0 spiro atoms. The topological polar surface area (TPSA) is 69.6 Å². The van der Waals surface area contributed by atoms with Crippen LogP contribution in [0.5, 0.6) is 0 Å². The minimum atomic E-state index is -0.903. The van der Waals surface area contributed by atoms with Gasteiger partial charge >= 0.3 is 0 Å². The lowest BCUT2D eigenvalue weighted by Gasteiger charge is -2.19. The molecular weight excluding hydrogens is 602 g/mol. The summed E-state index contributed by atoms with van der Waals surface area (Å²) >= 11 is 0. The first-order valence-corrected chi connectivity index (χ1v) is 20.3. The molecule has 280 valence electrons. The second-order valence-corrected chi connectivity index (χ2v) is 13.3. The number of aliphatic hydroxyl groups excluding tert-OH is 2. The SMILES string of the molecule is CC/C=C\C/C=C\C/C=C\C/C=C\CCC(=O)NC(CO)C(O)/C=C/CC/C=C/CC/C=C/CCCCCCCCCCCCCCCC. The smallest absolute Gasteiger partial charge is 0.220 e.